The normalized spacial score (nSPS) is 14.0. The molecule has 1 amide bonds. The first-order valence-electron chi connectivity index (χ1n) is 6.31. The summed E-state index contributed by atoms with van der Waals surface area (Å²) in [5, 5.41) is 21.7. The Hall–Kier alpha value is -2.06. The average molecular weight is 276 g/mol. The zero-order chi connectivity index (χ0) is 15.3. The predicted molar refractivity (Wildman–Crippen MR) is 75.0 cm³/mol. The van der Waals surface area contributed by atoms with E-state index in [4.69, 9.17) is 10.00 Å². The highest BCUT2D eigenvalue weighted by Gasteiger charge is 2.28. The van der Waals surface area contributed by atoms with Crippen LogP contribution in [-0.4, -0.2) is 24.2 Å². The average Bonchev–Trinajstić information content (AvgIpc) is 2.42. The second-order valence-electron chi connectivity index (χ2n) is 5.62. The summed E-state index contributed by atoms with van der Waals surface area (Å²) in [5.41, 5.74) is 0.0193. The molecule has 0 spiro atoms. The molecular weight excluding hydrogens is 256 g/mol. The topological polar surface area (TPSA) is 82.3 Å². The zero-order valence-corrected chi connectivity index (χ0v) is 12.2. The molecule has 2 atom stereocenters. The third-order valence-corrected chi connectivity index (χ3v) is 2.94. The standard InChI is InChI=1S/C15H20N2O3/c1-15(2,3)12(9-16)17-14(19)13(18)10-6-5-7-11(8-10)20-4/h5-8,12-13,18H,1-4H3,(H,17,19). The summed E-state index contributed by atoms with van der Waals surface area (Å²) < 4.78 is 5.05. The summed E-state index contributed by atoms with van der Waals surface area (Å²) in [7, 11) is 1.51. The highest BCUT2D eigenvalue weighted by atomic mass is 16.5. The molecule has 20 heavy (non-hydrogen) atoms. The van der Waals surface area contributed by atoms with E-state index in [9.17, 15) is 9.90 Å². The number of nitriles is 1. The van der Waals surface area contributed by atoms with Crippen molar-refractivity contribution in [2.45, 2.75) is 32.9 Å². The van der Waals surface area contributed by atoms with Gasteiger partial charge in [0.25, 0.3) is 5.91 Å². The lowest BCUT2D eigenvalue weighted by Crippen LogP contribution is -2.44. The lowest BCUT2D eigenvalue weighted by atomic mass is 9.87. The highest BCUT2D eigenvalue weighted by Crippen LogP contribution is 2.22. The van der Waals surface area contributed by atoms with Crippen LogP contribution in [0.1, 0.15) is 32.4 Å². The Labute approximate surface area is 119 Å². The number of methoxy groups -OCH3 is 1. The maximum absolute atomic E-state index is 12.0. The van der Waals surface area contributed by atoms with Crippen LogP contribution in [0, 0.1) is 16.7 Å². The van der Waals surface area contributed by atoms with Crippen molar-refractivity contribution in [3.63, 3.8) is 0 Å². The number of nitrogens with zero attached hydrogens (tertiary/aromatic N) is 1. The molecule has 1 aromatic carbocycles. The van der Waals surface area contributed by atoms with E-state index in [1.54, 1.807) is 24.3 Å². The van der Waals surface area contributed by atoms with Gasteiger partial charge >= 0.3 is 0 Å². The number of hydrogen-bond acceptors (Lipinski definition) is 4. The molecule has 0 bridgehead atoms. The molecule has 0 aliphatic carbocycles. The molecular formula is C15H20N2O3. The van der Waals surface area contributed by atoms with Crippen LogP contribution in [0.25, 0.3) is 0 Å². The van der Waals surface area contributed by atoms with Crippen LogP contribution in [0.5, 0.6) is 5.75 Å². The van der Waals surface area contributed by atoms with Gasteiger partial charge in [0.1, 0.15) is 11.8 Å². The minimum atomic E-state index is -1.33. The van der Waals surface area contributed by atoms with E-state index in [2.05, 4.69) is 5.32 Å². The van der Waals surface area contributed by atoms with Gasteiger partial charge in [-0.3, -0.25) is 4.79 Å². The molecule has 0 fully saturated rings. The summed E-state index contributed by atoms with van der Waals surface area (Å²) in [6, 6.07) is 7.99. The van der Waals surface area contributed by atoms with Gasteiger partial charge in [-0.15, -0.1) is 0 Å². The lowest BCUT2D eigenvalue weighted by Gasteiger charge is -2.26. The van der Waals surface area contributed by atoms with Crippen LogP contribution in [0.3, 0.4) is 0 Å². The third-order valence-electron chi connectivity index (χ3n) is 2.94. The van der Waals surface area contributed by atoms with Gasteiger partial charge in [-0.25, -0.2) is 0 Å². The number of benzene rings is 1. The molecule has 1 rings (SSSR count). The Morgan fingerprint density at radius 1 is 1.45 bits per heavy atom. The van der Waals surface area contributed by atoms with Crippen molar-refractivity contribution in [2.24, 2.45) is 5.41 Å². The number of nitrogens with one attached hydrogen (secondary N) is 1. The Bertz CT molecular complexity index is 515. The monoisotopic (exact) mass is 276 g/mol. The number of rotatable bonds is 4. The Morgan fingerprint density at radius 3 is 2.60 bits per heavy atom. The summed E-state index contributed by atoms with van der Waals surface area (Å²) in [4.78, 5) is 12.0. The maximum atomic E-state index is 12.0. The van der Waals surface area contributed by atoms with Gasteiger partial charge in [0.2, 0.25) is 0 Å². The van der Waals surface area contributed by atoms with Crippen LogP contribution in [-0.2, 0) is 4.79 Å². The Kier molecular flexibility index (Phi) is 5.12. The van der Waals surface area contributed by atoms with Crippen LogP contribution in [0.4, 0.5) is 0 Å². The smallest absolute Gasteiger partial charge is 0.254 e. The van der Waals surface area contributed by atoms with Crippen LogP contribution in [0.15, 0.2) is 24.3 Å². The van der Waals surface area contributed by atoms with E-state index < -0.39 is 23.5 Å². The Morgan fingerprint density at radius 2 is 2.10 bits per heavy atom. The van der Waals surface area contributed by atoms with E-state index in [1.807, 2.05) is 26.8 Å². The first-order valence-corrected chi connectivity index (χ1v) is 6.31. The van der Waals surface area contributed by atoms with E-state index in [0.717, 1.165) is 0 Å². The number of aliphatic hydroxyl groups excluding tert-OH is 1. The SMILES string of the molecule is COc1cccc(C(O)C(=O)NC(C#N)C(C)(C)C)c1. The maximum Gasteiger partial charge on any atom is 0.254 e. The van der Waals surface area contributed by atoms with Crippen molar-refractivity contribution in [2.75, 3.05) is 7.11 Å². The molecule has 0 heterocycles. The highest BCUT2D eigenvalue weighted by molar-refractivity contribution is 5.82. The van der Waals surface area contributed by atoms with Gasteiger partial charge in [-0.1, -0.05) is 32.9 Å². The van der Waals surface area contributed by atoms with E-state index in [0.29, 0.717) is 11.3 Å². The summed E-state index contributed by atoms with van der Waals surface area (Å²) >= 11 is 0. The molecule has 0 aliphatic heterocycles. The van der Waals surface area contributed by atoms with Gasteiger partial charge in [0.15, 0.2) is 6.10 Å². The number of amides is 1. The first-order chi connectivity index (χ1) is 9.29. The first kappa shape index (κ1) is 16.0. The fourth-order valence-electron chi connectivity index (χ4n) is 1.63. The molecule has 108 valence electrons. The predicted octanol–water partition coefficient (Wildman–Crippen LogP) is 1.78. The van der Waals surface area contributed by atoms with Crippen LogP contribution < -0.4 is 10.1 Å². The fraction of sp³-hybridized carbons (Fsp3) is 0.467. The number of hydrogen-bond donors (Lipinski definition) is 2. The number of ether oxygens (including phenoxy) is 1. The number of carbonyl (C=O) groups excluding carboxylic acids is 1. The van der Waals surface area contributed by atoms with E-state index in [-0.39, 0.29) is 0 Å². The molecule has 0 aromatic heterocycles. The third kappa shape index (κ3) is 3.97. The van der Waals surface area contributed by atoms with Crippen molar-refractivity contribution in [1.29, 1.82) is 5.26 Å². The minimum absolute atomic E-state index is 0.404. The quantitative estimate of drug-likeness (QED) is 0.878. The fourth-order valence-corrected chi connectivity index (χ4v) is 1.63. The van der Waals surface area contributed by atoms with Gasteiger partial charge in [0, 0.05) is 0 Å². The molecule has 0 radical (unpaired) electrons. The van der Waals surface area contributed by atoms with Gasteiger partial charge in [-0.2, -0.15) is 5.26 Å². The molecule has 0 saturated heterocycles. The molecule has 0 aliphatic rings. The molecule has 5 nitrogen and oxygen atoms in total. The second-order valence-corrected chi connectivity index (χ2v) is 5.62. The van der Waals surface area contributed by atoms with Gasteiger partial charge < -0.3 is 15.2 Å². The van der Waals surface area contributed by atoms with Crippen LogP contribution in [0.2, 0.25) is 0 Å². The lowest BCUT2D eigenvalue weighted by molar-refractivity contribution is -0.130. The van der Waals surface area contributed by atoms with Crippen molar-refractivity contribution < 1.29 is 14.6 Å². The second kappa shape index (κ2) is 6.40. The summed E-state index contributed by atoms with van der Waals surface area (Å²) in [5.74, 6) is -0.0401. The van der Waals surface area contributed by atoms with Crippen molar-refractivity contribution in [3.05, 3.63) is 29.8 Å². The molecule has 5 heteroatoms. The number of aliphatic hydroxyl groups is 1. The molecule has 0 saturated carbocycles. The minimum Gasteiger partial charge on any atom is -0.497 e. The molecule has 1 aromatic rings. The zero-order valence-electron chi connectivity index (χ0n) is 12.2. The number of carbonyl (C=O) groups is 1. The largest absolute Gasteiger partial charge is 0.497 e. The van der Waals surface area contributed by atoms with Crippen molar-refractivity contribution >= 4 is 5.91 Å². The van der Waals surface area contributed by atoms with E-state index in [1.165, 1.54) is 7.11 Å². The summed E-state index contributed by atoms with van der Waals surface area (Å²) in [6.07, 6.45) is -1.33. The molecule has 2 unspecified atom stereocenters. The van der Waals surface area contributed by atoms with Crippen molar-refractivity contribution in [1.82, 2.24) is 5.32 Å². The van der Waals surface area contributed by atoms with Crippen molar-refractivity contribution in [3.8, 4) is 11.8 Å². The van der Waals surface area contributed by atoms with E-state index >= 15 is 0 Å². The molecule has 2 N–H and O–H groups in total. The Balaban J connectivity index is 2.84. The van der Waals surface area contributed by atoms with Gasteiger partial charge in [-0.05, 0) is 23.1 Å². The summed E-state index contributed by atoms with van der Waals surface area (Å²) in [6.45, 7) is 5.54. The van der Waals surface area contributed by atoms with Crippen LogP contribution >= 0.6 is 0 Å². The van der Waals surface area contributed by atoms with Gasteiger partial charge in [0.05, 0.1) is 13.2 Å².